The number of hydrogen-bond donors (Lipinski definition) is 0. The van der Waals surface area contributed by atoms with Gasteiger partial charge in [0.25, 0.3) is 5.91 Å². The third-order valence-corrected chi connectivity index (χ3v) is 6.57. The van der Waals surface area contributed by atoms with E-state index in [1.165, 1.54) is 12.0 Å². The van der Waals surface area contributed by atoms with Crippen LogP contribution in [0.15, 0.2) is 42.7 Å². The molecule has 1 unspecified atom stereocenters. The number of piperidine rings is 2. The van der Waals surface area contributed by atoms with E-state index >= 15 is 0 Å². The average Bonchev–Trinajstić information content (AvgIpc) is 2.74. The fourth-order valence-corrected chi connectivity index (χ4v) is 4.92. The SMILES string of the molecule is CCN1CC(c2ccccc2)CC2(CCN(C(=O)c3cnc(C)nc3)CC2)C1. The predicted molar refractivity (Wildman–Crippen MR) is 110 cm³/mol. The van der Waals surface area contributed by atoms with Crippen molar-refractivity contribution in [3.63, 3.8) is 0 Å². The van der Waals surface area contributed by atoms with Gasteiger partial charge in [-0.25, -0.2) is 9.97 Å². The van der Waals surface area contributed by atoms with E-state index in [9.17, 15) is 4.79 Å². The van der Waals surface area contributed by atoms with Gasteiger partial charge in [0.15, 0.2) is 0 Å². The van der Waals surface area contributed by atoms with Crippen LogP contribution in [0.3, 0.4) is 0 Å². The maximum atomic E-state index is 12.8. The maximum Gasteiger partial charge on any atom is 0.256 e. The van der Waals surface area contributed by atoms with Crippen molar-refractivity contribution in [2.75, 3.05) is 32.7 Å². The van der Waals surface area contributed by atoms with Crippen LogP contribution in [-0.2, 0) is 0 Å². The van der Waals surface area contributed by atoms with Gasteiger partial charge in [-0.2, -0.15) is 0 Å². The molecule has 1 aromatic heterocycles. The lowest BCUT2D eigenvalue weighted by Crippen LogP contribution is -2.52. The number of hydrogen-bond acceptors (Lipinski definition) is 4. The molecule has 1 aromatic carbocycles. The lowest BCUT2D eigenvalue weighted by Gasteiger charge is -2.50. The molecule has 1 atom stereocenters. The maximum absolute atomic E-state index is 12.8. The highest BCUT2D eigenvalue weighted by Crippen LogP contribution is 2.45. The number of rotatable bonds is 3. The van der Waals surface area contributed by atoms with E-state index in [2.05, 4.69) is 52.1 Å². The normalized spacial score (nSPS) is 22.4. The van der Waals surface area contributed by atoms with E-state index in [0.717, 1.165) is 45.6 Å². The fourth-order valence-electron chi connectivity index (χ4n) is 4.92. The first-order valence-corrected chi connectivity index (χ1v) is 10.4. The molecule has 0 saturated carbocycles. The van der Waals surface area contributed by atoms with Crippen molar-refractivity contribution in [3.8, 4) is 0 Å². The minimum atomic E-state index is 0.0672. The number of amides is 1. The third kappa shape index (κ3) is 3.95. The van der Waals surface area contributed by atoms with Crippen LogP contribution in [0.1, 0.15) is 53.8 Å². The lowest BCUT2D eigenvalue weighted by atomic mass is 9.68. The topological polar surface area (TPSA) is 49.3 Å². The highest BCUT2D eigenvalue weighted by Gasteiger charge is 2.42. The van der Waals surface area contributed by atoms with Gasteiger partial charge in [-0.05, 0) is 49.6 Å². The van der Waals surface area contributed by atoms with Gasteiger partial charge in [0.2, 0.25) is 0 Å². The van der Waals surface area contributed by atoms with Crippen molar-refractivity contribution in [2.24, 2.45) is 5.41 Å². The summed E-state index contributed by atoms with van der Waals surface area (Å²) >= 11 is 0. The molecule has 1 amide bonds. The van der Waals surface area contributed by atoms with Crippen LogP contribution in [0.5, 0.6) is 0 Å². The first-order valence-electron chi connectivity index (χ1n) is 10.4. The van der Waals surface area contributed by atoms with Gasteiger partial charge in [-0.3, -0.25) is 4.79 Å². The second-order valence-corrected chi connectivity index (χ2v) is 8.45. The molecule has 2 saturated heterocycles. The summed E-state index contributed by atoms with van der Waals surface area (Å²) in [6, 6.07) is 10.9. The van der Waals surface area contributed by atoms with Gasteiger partial charge in [0.05, 0.1) is 5.56 Å². The van der Waals surface area contributed by atoms with Crippen LogP contribution in [0.2, 0.25) is 0 Å². The van der Waals surface area contributed by atoms with E-state index in [0.29, 0.717) is 22.7 Å². The predicted octanol–water partition coefficient (Wildman–Crippen LogP) is 3.52. The molecule has 0 aliphatic carbocycles. The van der Waals surface area contributed by atoms with Gasteiger partial charge >= 0.3 is 0 Å². The van der Waals surface area contributed by atoms with E-state index < -0.39 is 0 Å². The zero-order chi connectivity index (χ0) is 19.6. The summed E-state index contributed by atoms with van der Waals surface area (Å²) in [6.07, 6.45) is 6.68. The Balaban J connectivity index is 1.45. The highest BCUT2D eigenvalue weighted by atomic mass is 16.2. The standard InChI is InChI=1S/C23H30N4O/c1-3-26-16-20(19-7-5-4-6-8-19)13-23(17-26)9-11-27(12-10-23)22(28)21-14-24-18(2)25-15-21/h4-8,14-15,20H,3,9-13,16-17H2,1-2H3. The second-order valence-electron chi connectivity index (χ2n) is 8.45. The molecule has 2 aliphatic rings. The summed E-state index contributed by atoms with van der Waals surface area (Å²) in [7, 11) is 0. The van der Waals surface area contributed by atoms with Crippen molar-refractivity contribution in [2.45, 2.75) is 39.0 Å². The van der Waals surface area contributed by atoms with E-state index in [1.54, 1.807) is 12.4 Å². The number of carbonyl (C=O) groups is 1. The molecule has 1 spiro atoms. The molecule has 2 fully saturated rings. The molecule has 5 nitrogen and oxygen atoms in total. The Kier molecular flexibility index (Phi) is 5.44. The lowest BCUT2D eigenvalue weighted by molar-refractivity contribution is 0.0158. The third-order valence-electron chi connectivity index (χ3n) is 6.57. The molecule has 148 valence electrons. The van der Waals surface area contributed by atoms with Crippen LogP contribution in [0.4, 0.5) is 0 Å². The molecular formula is C23H30N4O. The van der Waals surface area contributed by atoms with Crippen molar-refractivity contribution >= 4 is 5.91 Å². The molecule has 28 heavy (non-hydrogen) atoms. The Bertz CT molecular complexity index is 797. The first kappa shape index (κ1) is 19.1. The molecule has 0 N–H and O–H groups in total. The van der Waals surface area contributed by atoms with Crippen molar-refractivity contribution in [1.29, 1.82) is 0 Å². The number of benzene rings is 1. The van der Waals surface area contributed by atoms with Gasteiger partial charge < -0.3 is 9.80 Å². The summed E-state index contributed by atoms with van der Waals surface area (Å²) in [4.78, 5) is 25.8. The molecule has 5 heteroatoms. The van der Waals surface area contributed by atoms with Gasteiger partial charge in [0.1, 0.15) is 5.82 Å². The Labute approximate surface area is 167 Å². The summed E-state index contributed by atoms with van der Waals surface area (Å²) < 4.78 is 0. The number of aryl methyl sites for hydroxylation is 1. The van der Waals surface area contributed by atoms with Crippen molar-refractivity contribution < 1.29 is 4.79 Å². The monoisotopic (exact) mass is 378 g/mol. The first-order chi connectivity index (χ1) is 13.6. The largest absolute Gasteiger partial charge is 0.339 e. The van der Waals surface area contributed by atoms with Crippen LogP contribution in [-0.4, -0.2) is 58.4 Å². The number of likely N-dealkylation sites (N-methyl/N-ethyl adjacent to an activating group) is 1. The van der Waals surface area contributed by atoms with Gasteiger partial charge in [-0.15, -0.1) is 0 Å². The van der Waals surface area contributed by atoms with Crippen molar-refractivity contribution in [3.05, 3.63) is 59.7 Å². The summed E-state index contributed by atoms with van der Waals surface area (Å²) in [5, 5.41) is 0. The fraction of sp³-hybridized carbons (Fsp3) is 0.522. The summed E-state index contributed by atoms with van der Waals surface area (Å²) in [5.74, 6) is 1.35. The van der Waals surface area contributed by atoms with Crippen LogP contribution in [0, 0.1) is 12.3 Å². The zero-order valence-electron chi connectivity index (χ0n) is 17.0. The Hall–Kier alpha value is -2.27. The van der Waals surface area contributed by atoms with E-state index in [1.807, 2.05) is 11.8 Å². The van der Waals surface area contributed by atoms with E-state index in [-0.39, 0.29) is 5.91 Å². The van der Waals surface area contributed by atoms with Gasteiger partial charge in [-0.1, -0.05) is 37.3 Å². The number of aromatic nitrogens is 2. The minimum Gasteiger partial charge on any atom is -0.339 e. The number of carbonyl (C=O) groups excluding carboxylic acids is 1. The highest BCUT2D eigenvalue weighted by molar-refractivity contribution is 5.93. The second kappa shape index (κ2) is 8.00. The molecular weight excluding hydrogens is 348 g/mol. The summed E-state index contributed by atoms with van der Waals surface area (Å²) in [5.41, 5.74) is 2.37. The van der Waals surface area contributed by atoms with Crippen LogP contribution in [0.25, 0.3) is 0 Å². The van der Waals surface area contributed by atoms with E-state index in [4.69, 9.17) is 0 Å². The van der Waals surface area contributed by atoms with Crippen LogP contribution < -0.4 is 0 Å². The molecule has 3 heterocycles. The molecule has 0 bridgehead atoms. The molecule has 2 aliphatic heterocycles. The Morgan fingerprint density at radius 1 is 1.14 bits per heavy atom. The number of nitrogens with zero attached hydrogens (tertiary/aromatic N) is 4. The smallest absolute Gasteiger partial charge is 0.256 e. The average molecular weight is 379 g/mol. The van der Waals surface area contributed by atoms with Gasteiger partial charge in [0, 0.05) is 38.6 Å². The van der Waals surface area contributed by atoms with Crippen LogP contribution >= 0.6 is 0 Å². The quantitative estimate of drug-likeness (QED) is 0.820. The number of likely N-dealkylation sites (tertiary alicyclic amines) is 2. The Morgan fingerprint density at radius 2 is 1.82 bits per heavy atom. The molecule has 0 radical (unpaired) electrons. The molecule has 2 aromatic rings. The van der Waals surface area contributed by atoms with Crippen molar-refractivity contribution in [1.82, 2.24) is 19.8 Å². The molecule has 4 rings (SSSR count). The summed E-state index contributed by atoms with van der Waals surface area (Å²) in [6.45, 7) is 9.14. The zero-order valence-corrected chi connectivity index (χ0v) is 17.0. The Morgan fingerprint density at radius 3 is 2.46 bits per heavy atom. The minimum absolute atomic E-state index is 0.0672.